The Morgan fingerprint density at radius 1 is 1.54 bits per heavy atom. The van der Waals surface area contributed by atoms with E-state index in [9.17, 15) is 4.39 Å². The molecule has 1 aromatic carbocycles. The van der Waals surface area contributed by atoms with Crippen molar-refractivity contribution in [1.29, 1.82) is 0 Å². The molecule has 0 saturated carbocycles. The lowest BCUT2D eigenvalue weighted by Crippen LogP contribution is -2.33. The van der Waals surface area contributed by atoms with Gasteiger partial charge in [0.05, 0.1) is 0 Å². The van der Waals surface area contributed by atoms with Crippen LogP contribution < -0.4 is 4.74 Å². The summed E-state index contributed by atoms with van der Waals surface area (Å²) in [4.78, 5) is 0. The van der Waals surface area contributed by atoms with E-state index in [-0.39, 0.29) is 6.61 Å². The Morgan fingerprint density at radius 2 is 2.31 bits per heavy atom. The van der Waals surface area contributed by atoms with Crippen molar-refractivity contribution in [3.63, 3.8) is 0 Å². The van der Waals surface area contributed by atoms with Gasteiger partial charge in [-0.1, -0.05) is 11.6 Å². The lowest BCUT2D eigenvalue weighted by molar-refractivity contribution is 0.0845. The Morgan fingerprint density at radius 3 is 3.08 bits per heavy atom. The van der Waals surface area contributed by atoms with Gasteiger partial charge in [0.2, 0.25) is 0 Å². The molecule has 1 nitrogen and oxygen atoms in total. The van der Waals surface area contributed by atoms with Crippen LogP contribution in [-0.4, -0.2) is 12.3 Å². The highest BCUT2D eigenvalue weighted by Gasteiger charge is 2.30. The Kier molecular flexibility index (Phi) is 1.95. The van der Waals surface area contributed by atoms with E-state index >= 15 is 0 Å². The summed E-state index contributed by atoms with van der Waals surface area (Å²) in [5.74, 6) is 0.750. The summed E-state index contributed by atoms with van der Waals surface area (Å²) in [6.07, 6.45) is 0.378. The molecule has 70 valence electrons. The van der Waals surface area contributed by atoms with Crippen LogP contribution in [0.15, 0.2) is 18.2 Å². The van der Waals surface area contributed by atoms with Crippen LogP contribution in [0.2, 0.25) is 5.02 Å². The molecule has 1 atom stereocenters. The Hall–Kier alpha value is -0.760. The second kappa shape index (κ2) is 2.88. The molecule has 1 aromatic rings. The highest BCUT2D eigenvalue weighted by Crippen LogP contribution is 2.32. The van der Waals surface area contributed by atoms with Gasteiger partial charge in [-0.05, 0) is 30.7 Å². The summed E-state index contributed by atoms with van der Waals surface area (Å²) in [7, 11) is 0. The molecular weight excluding hydrogens is 191 g/mol. The third kappa shape index (κ3) is 1.78. The van der Waals surface area contributed by atoms with Crippen molar-refractivity contribution in [3.05, 3.63) is 28.8 Å². The van der Waals surface area contributed by atoms with E-state index < -0.39 is 5.67 Å². The summed E-state index contributed by atoms with van der Waals surface area (Å²) in [6.45, 7) is 1.67. The minimum atomic E-state index is -1.27. The van der Waals surface area contributed by atoms with Crippen LogP contribution in [0.5, 0.6) is 5.75 Å². The van der Waals surface area contributed by atoms with Crippen LogP contribution >= 0.6 is 11.6 Å². The number of halogens is 2. The van der Waals surface area contributed by atoms with Gasteiger partial charge >= 0.3 is 0 Å². The summed E-state index contributed by atoms with van der Waals surface area (Å²) in [5.41, 5.74) is -0.415. The Labute approximate surface area is 81.5 Å². The number of alkyl halides is 1. The zero-order valence-electron chi connectivity index (χ0n) is 7.31. The smallest absolute Gasteiger partial charge is 0.146 e. The molecule has 0 aromatic heterocycles. The van der Waals surface area contributed by atoms with Crippen LogP contribution in [0.25, 0.3) is 0 Å². The fraction of sp³-hybridized carbons (Fsp3) is 0.400. The summed E-state index contributed by atoms with van der Waals surface area (Å²) < 4.78 is 18.8. The van der Waals surface area contributed by atoms with Crippen molar-refractivity contribution >= 4 is 11.6 Å². The monoisotopic (exact) mass is 200 g/mol. The van der Waals surface area contributed by atoms with Gasteiger partial charge in [-0.2, -0.15) is 0 Å². The molecule has 0 spiro atoms. The minimum Gasteiger partial charge on any atom is -0.490 e. The van der Waals surface area contributed by atoms with E-state index in [0.717, 1.165) is 11.3 Å². The molecular formula is C10H10ClFO. The molecule has 0 N–H and O–H groups in total. The third-order valence-corrected chi connectivity index (χ3v) is 2.35. The first-order valence-electron chi connectivity index (χ1n) is 4.17. The predicted molar refractivity (Wildman–Crippen MR) is 50.2 cm³/mol. The van der Waals surface area contributed by atoms with Gasteiger partial charge in [0.1, 0.15) is 18.0 Å². The van der Waals surface area contributed by atoms with Crippen LogP contribution in [0, 0.1) is 0 Å². The van der Waals surface area contributed by atoms with E-state index in [0.29, 0.717) is 11.4 Å². The topological polar surface area (TPSA) is 9.23 Å². The lowest BCUT2D eigenvalue weighted by atomic mass is 9.96. The quantitative estimate of drug-likeness (QED) is 0.626. The second-order valence-corrected chi connectivity index (χ2v) is 4.07. The van der Waals surface area contributed by atoms with Crippen molar-refractivity contribution in [3.8, 4) is 5.75 Å². The van der Waals surface area contributed by atoms with E-state index in [1.807, 2.05) is 0 Å². The van der Waals surface area contributed by atoms with Crippen LogP contribution in [0.4, 0.5) is 4.39 Å². The maximum atomic E-state index is 13.5. The standard InChI is InChI=1S/C10H10ClFO/c1-10(12)5-7-4-8(11)2-3-9(7)13-6-10/h2-4H,5-6H2,1H3. The third-order valence-electron chi connectivity index (χ3n) is 2.11. The van der Waals surface area contributed by atoms with Gasteiger partial charge in [-0.25, -0.2) is 4.39 Å². The fourth-order valence-corrected chi connectivity index (χ4v) is 1.70. The van der Waals surface area contributed by atoms with Crippen molar-refractivity contribution in [1.82, 2.24) is 0 Å². The molecule has 1 unspecified atom stereocenters. The normalized spacial score (nSPS) is 26.4. The van der Waals surface area contributed by atoms with Crippen LogP contribution in [0.3, 0.4) is 0 Å². The lowest BCUT2D eigenvalue weighted by Gasteiger charge is -2.27. The maximum Gasteiger partial charge on any atom is 0.146 e. The van der Waals surface area contributed by atoms with E-state index in [2.05, 4.69) is 0 Å². The Balaban J connectivity index is 2.38. The number of hydrogen-bond acceptors (Lipinski definition) is 1. The first-order valence-corrected chi connectivity index (χ1v) is 4.55. The molecule has 2 rings (SSSR count). The fourth-order valence-electron chi connectivity index (χ4n) is 1.50. The minimum absolute atomic E-state index is 0.127. The van der Waals surface area contributed by atoms with Gasteiger partial charge in [0.15, 0.2) is 0 Å². The number of hydrogen-bond donors (Lipinski definition) is 0. The average Bonchev–Trinajstić information content (AvgIpc) is 2.01. The zero-order chi connectivity index (χ0) is 9.47. The van der Waals surface area contributed by atoms with Crippen LogP contribution in [0.1, 0.15) is 12.5 Å². The molecule has 0 aliphatic carbocycles. The maximum absolute atomic E-state index is 13.5. The zero-order valence-corrected chi connectivity index (χ0v) is 8.07. The summed E-state index contributed by atoms with van der Waals surface area (Å²) in [5, 5.41) is 0.625. The van der Waals surface area contributed by atoms with Gasteiger partial charge in [0.25, 0.3) is 0 Å². The average molecular weight is 201 g/mol. The molecule has 3 heteroatoms. The van der Waals surface area contributed by atoms with E-state index in [1.165, 1.54) is 6.92 Å². The predicted octanol–water partition coefficient (Wildman–Crippen LogP) is 3.00. The number of ether oxygens (including phenoxy) is 1. The van der Waals surface area contributed by atoms with Gasteiger partial charge in [0, 0.05) is 11.4 Å². The molecule has 0 fully saturated rings. The highest BCUT2D eigenvalue weighted by atomic mass is 35.5. The number of fused-ring (bicyclic) bond motifs is 1. The molecule has 0 radical (unpaired) electrons. The van der Waals surface area contributed by atoms with E-state index in [4.69, 9.17) is 16.3 Å². The molecule has 0 bridgehead atoms. The Bertz CT molecular complexity index is 336. The van der Waals surface area contributed by atoms with E-state index in [1.54, 1.807) is 18.2 Å². The molecule has 1 aliphatic heterocycles. The molecule has 1 heterocycles. The number of rotatable bonds is 0. The molecule has 1 aliphatic rings. The van der Waals surface area contributed by atoms with Crippen molar-refractivity contribution < 1.29 is 9.13 Å². The number of benzene rings is 1. The second-order valence-electron chi connectivity index (χ2n) is 3.63. The highest BCUT2D eigenvalue weighted by molar-refractivity contribution is 6.30. The van der Waals surface area contributed by atoms with Gasteiger partial charge < -0.3 is 4.74 Å². The van der Waals surface area contributed by atoms with Crippen molar-refractivity contribution in [2.24, 2.45) is 0 Å². The van der Waals surface area contributed by atoms with Crippen molar-refractivity contribution in [2.45, 2.75) is 19.0 Å². The van der Waals surface area contributed by atoms with Gasteiger partial charge in [-0.15, -0.1) is 0 Å². The first-order chi connectivity index (χ1) is 6.07. The largest absolute Gasteiger partial charge is 0.490 e. The van der Waals surface area contributed by atoms with Crippen molar-refractivity contribution in [2.75, 3.05) is 6.61 Å². The first kappa shape index (κ1) is 8.82. The van der Waals surface area contributed by atoms with Gasteiger partial charge in [-0.3, -0.25) is 0 Å². The summed E-state index contributed by atoms with van der Waals surface area (Å²) in [6, 6.07) is 5.29. The SMILES string of the molecule is CC1(F)COc2ccc(Cl)cc2C1. The molecule has 0 saturated heterocycles. The summed E-state index contributed by atoms with van der Waals surface area (Å²) >= 11 is 5.79. The van der Waals surface area contributed by atoms with Crippen LogP contribution in [-0.2, 0) is 6.42 Å². The molecule has 0 amide bonds. The molecule has 13 heavy (non-hydrogen) atoms.